The highest BCUT2D eigenvalue weighted by Gasteiger charge is 2.29. The molecule has 0 aliphatic carbocycles. The summed E-state index contributed by atoms with van der Waals surface area (Å²) < 4.78 is 7.49. The number of amides is 3. The number of carbonyl (C=O) groups excluding carboxylic acids is 3. The first-order chi connectivity index (χ1) is 19.3. The predicted molar refractivity (Wildman–Crippen MR) is 153 cm³/mol. The number of benzene rings is 1. The monoisotopic (exact) mass is 564 g/mol. The van der Waals surface area contributed by atoms with Crippen LogP contribution in [0.15, 0.2) is 41.9 Å². The minimum atomic E-state index is -0.546. The van der Waals surface area contributed by atoms with Gasteiger partial charge in [0.25, 0.3) is 5.91 Å². The third-order valence-electron chi connectivity index (χ3n) is 7.17. The minimum absolute atomic E-state index is 0.0863. The van der Waals surface area contributed by atoms with Crippen molar-refractivity contribution in [3.63, 3.8) is 0 Å². The molecule has 2 saturated heterocycles. The van der Waals surface area contributed by atoms with Crippen molar-refractivity contribution in [1.82, 2.24) is 25.2 Å². The number of likely N-dealkylation sites (tertiary alicyclic amines) is 1. The van der Waals surface area contributed by atoms with Crippen LogP contribution in [-0.2, 0) is 32.1 Å². The number of hydrogen-bond donors (Lipinski definition) is 2. The van der Waals surface area contributed by atoms with Crippen molar-refractivity contribution in [2.75, 3.05) is 25.0 Å². The lowest BCUT2D eigenvalue weighted by Gasteiger charge is -2.32. The second kappa shape index (κ2) is 12.8. The minimum Gasteiger partial charge on any atom is -0.378 e. The Hall–Kier alpha value is -3.41. The maximum atomic E-state index is 12.7. The normalized spacial score (nSPS) is 18.7. The number of nitrogens with zero attached hydrogens (tertiary/aromatic N) is 4. The van der Waals surface area contributed by atoms with Gasteiger partial charge in [0.2, 0.25) is 11.8 Å². The summed E-state index contributed by atoms with van der Waals surface area (Å²) in [7, 11) is 0. The van der Waals surface area contributed by atoms with E-state index in [4.69, 9.17) is 4.74 Å². The molecular weight excluding hydrogens is 528 g/mol. The van der Waals surface area contributed by atoms with Crippen LogP contribution < -0.4 is 10.6 Å². The van der Waals surface area contributed by atoms with Crippen LogP contribution in [0.4, 0.5) is 5.69 Å². The molecule has 0 bridgehead atoms. The first-order valence-electron chi connectivity index (χ1n) is 13.9. The van der Waals surface area contributed by atoms with Gasteiger partial charge in [-0.2, -0.15) is 0 Å². The van der Waals surface area contributed by atoms with Gasteiger partial charge in [0, 0.05) is 54.2 Å². The molecule has 2 aromatic heterocycles. The zero-order valence-corrected chi connectivity index (χ0v) is 23.8. The molecule has 0 radical (unpaired) electrons. The van der Waals surface area contributed by atoms with Crippen molar-refractivity contribution < 1.29 is 19.1 Å². The zero-order chi connectivity index (χ0) is 28.1. The number of piperidine rings is 2. The van der Waals surface area contributed by atoms with Crippen LogP contribution in [0, 0.1) is 5.92 Å². The van der Waals surface area contributed by atoms with Gasteiger partial charge >= 0.3 is 0 Å². The second-order valence-corrected chi connectivity index (χ2v) is 12.0. The Kier molecular flexibility index (Phi) is 9.03. The largest absolute Gasteiger partial charge is 0.378 e. The quantitative estimate of drug-likeness (QED) is 0.360. The Morgan fingerprint density at radius 2 is 1.95 bits per heavy atom. The molecular formula is C29H36N6O4S. The van der Waals surface area contributed by atoms with Gasteiger partial charge in [0.15, 0.2) is 0 Å². The molecule has 0 spiro atoms. The zero-order valence-electron chi connectivity index (χ0n) is 23.0. The van der Waals surface area contributed by atoms with Crippen LogP contribution in [-0.4, -0.2) is 63.4 Å². The van der Waals surface area contributed by atoms with Crippen molar-refractivity contribution in [1.29, 1.82) is 0 Å². The third-order valence-corrected chi connectivity index (χ3v) is 8.10. The average molecular weight is 565 g/mol. The number of aromatic nitrogens is 3. The van der Waals surface area contributed by atoms with E-state index in [-0.39, 0.29) is 30.6 Å². The summed E-state index contributed by atoms with van der Waals surface area (Å²) in [5.41, 5.74) is 3.47. The summed E-state index contributed by atoms with van der Waals surface area (Å²) in [6.45, 7) is 8.18. The molecule has 10 nitrogen and oxygen atoms in total. The maximum Gasteiger partial charge on any atom is 0.251 e. The first kappa shape index (κ1) is 28.1. The average Bonchev–Trinajstić information content (AvgIpc) is 3.59. The van der Waals surface area contributed by atoms with E-state index < -0.39 is 6.04 Å². The standard InChI is InChI=1S/C29H36N6O4S/c1-19(2)17-39-23-9-11-34(12-10-23)15-20-3-5-22(6-4-20)30-28(37)14-24-13-21(18-40-24)25-16-35(33-32-25)26-7-8-27(36)31-29(26)38/h3-6,13,16,18-19,23,26H,7-12,14-15,17H2,1-2H3,(H,30,37)(H,31,36,38). The second-order valence-electron chi connectivity index (χ2n) is 11.0. The van der Waals surface area contributed by atoms with Crippen LogP contribution >= 0.6 is 11.3 Å². The van der Waals surface area contributed by atoms with Gasteiger partial charge in [-0.15, -0.1) is 16.4 Å². The van der Waals surface area contributed by atoms with E-state index in [1.165, 1.54) is 21.6 Å². The summed E-state index contributed by atoms with van der Waals surface area (Å²) in [6.07, 6.45) is 5.16. The van der Waals surface area contributed by atoms with E-state index in [0.717, 1.165) is 55.2 Å². The Morgan fingerprint density at radius 1 is 1.18 bits per heavy atom. The molecule has 212 valence electrons. The van der Waals surface area contributed by atoms with Gasteiger partial charge in [-0.05, 0) is 48.9 Å². The Balaban J connectivity index is 1.08. The molecule has 2 aliphatic rings. The van der Waals surface area contributed by atoms with Crippen LogP contribution in [0.2, 0.25) is 0 Å². The third kappa shape index (κ3) is 7.41. The SMILES string of the molecule is CC(C)COC1CCN(Cc2ccc(NC(=O)Cc3cc(-c4cn(C5CCC(=O)NC5=O)nn4)cs3)cc2)CC1. The van der Waals surface area contributed by atoms with Gasteiger partial charge in [-0.3, -0.25) is 24.6 Å². The van der Waals surface area contributed by atoms with Crippen molar-refractivity contribution in [3.05, 3.63) is 52.3 Å². The van der Waals surface area contributed by atoms with Crippen LogP contribution in [0.25, 0.3) is 11.3 Å². The number of imide groups is 1. The number of rotatable bonds is 10. The highest BCUT2D eigenvalue weighted by atomic mass is 32.1. The van der Waals surface area contributed by atoms with Gasteiger partial charge < -0.3 is 10.1 Å². The lowest BCUT2D eigenvalue weighted by Crippen LogP contribution is -2.41. The molecule has 2 aliphatic heterocycles. The summed E-state index contributed by atoms with van der Waals surface area (Å²) in [5, 5.41) is 15.5. The molecule has 1 atom stereocenters. The molecule has 3 amide bonds. The number of thiophene rings is 1. The van der Waals surface area contributed by atoms with Crippen molar-refractivity contribution in [3.8, 4) is 11.3 Å². The van der Waals surface area contributed by atoms with E-state index in [1.807, 2.05) is 23.6 Å². The lowest BCUT2D eigenvalue weighted by molar-refractivity contribution is -0.136. The summed E-state index contributed by atoms with van der Waals surface area (Å²) >= 11 is 1.48. The lowest BCUT2D eigenvalue weighted by atomic mass is 10.1. The highest BCUT2D eigenvalue weighted by Crippen LogP contribution is 2.26. The molecule has 3 aromatic rings. The van der Waals surface area contributed by atoms with Gasteiger partial charge in [0.1, 0.15) is 11.7 Å². The molecule has 1 unspecified atom stereocenters. The van der Waals surface area contributed by atoms with Crippen molar-refractivity contribution in [2.45, 2.75) is 64.6 Å². The van der Waals surface area contributed by atoms with E-state index in [9.17, 15) is 14.4 Å². The van der Waals surface area contributed by atoms with Crippen LogP contribution in [0.1, 0.15) is 56.0 Å². The van der Waals surface area contributed by atoms with E-state index in [0.29, 0.717) is 24.1 Å². The summed E-state index contributed by atoms with van der Waals surface area (Å²) in [4.78, 5) is 39.6. The Labute approximate surface area is 238 Å². The molecule has 2 fully saturated rings. The smallest absolute Gasteiger partial charge is 0.251 e. The summed E-state index contributed by atoms with van der Waals surface area (Å²) in [6, 6.07) is 9.44. The fourth-order valence-corrected chi connectivity index (χ4v) is 5.86. The van der Waals surface area contributed by atoms with Gasteiger partial charge in [-0.1, -0.05) is 31.2 Å². The van der Waals surface area contributed by atoms with Crippen LogP contribution in [0.5, 0.6) is 0 Å². The Morgan fingerprint density at radius 3 is 2.67 bits per heavy atom. The number of carbonyl (C=O) groups is 3. The maximum absolute atomic E-state index is 12.7. The molecule has 4 heterocycles. The number of hydrogen-bond acceptors (Lipinski definition) is 8. The first-order valence-corrected chi connectivity index (χ1v) is 14.8. The fraction of sp³-hybridized carbons (Fsp3) is 0.483. The Bertz CT molecular complexity index is 1330. The topological polar surface area (TPSA) is 118 Å². The van der Waals surface area contributed by atoms with E-state index in [2.05, 4.69) is 51.8 Å². The van der Waals surface area contributed by atoms with Crippen molar-refractivity contribution >= 4 is 34.7 Å². The van der Waals surface area contributed by atoms with Crippen molar-refractivity contribution in [2.24, 2.45) is 5.92 Å². The van der Waals surface area contributed by atoms with Gasteiger partial charge in [0.05, 0.1) is 18.7 Å². The van der Waals surface area contributed by atoms with Crippen LogP contribution in [0.3, 0.4) is 0 Å². The predicted octanol–water partition coefficient (Wildman–Crippen LogP) is 3.80. The molecule has 5 rings (SSSR count). The number of ether oxygens (including phenoxy) is 1. The highest BCUT2D eigenvalue weighted by molar-refractivity contribution is 7.10. The number of anilines is 1. The molecule has 11 heteroatoms. The van der Waals surface area contributed by atoms with E-state index >= 15 is 0 Å². The summed E-state index contributed by atoms with van der Waals surface area (Å²) in [5.74, 6) is -0.147. The van der Waals surface area contributed by atoms with Gasteiger partial charge in [-0.25, -0.2) is 4.68 Å². The number of nitrogens with one attached hydrogen (secondary N) is 2. The molecule has 2 N–H and O–H groups in total. The molecule has 0 saturated carbocycles. The molecule has 40 heavy (non-hydrogen) atoms. The fourth-order valence-electron chi connectivity index (χ4n) is 4.98. The molecule has 1 aromatic carbocycles. The van der Waals surface area contributed by atoms with E-state index in [1.54, 1.807) is 6.20 Å².